The Morgan fingerprint density at radius 2 is 1.83 bits per heavy atom. The number of rotatable bonds is 4. The van der Waals surface area contributed by atoms with Crippen molar-refractivity contribution < 1.29 is 19.4 Å². The second-order valence-electron chi connectivity index (χ2n) is 5.53. The van der Waals surface area contributed by atoms with Crippen molar-refractivity contribution in [2.75, 3.05) is 0 Å². The van der Waals surface area contributed by atoms with E-state index in [2.05, 4.69) is 5.32 Å². The Balaban J connectivity index is 2.33. The molecule has 0 bridgehead atoms. The number of nitrogens with one attached hydrogen (secondary N) is 1. The molecule has 0 radical (unpaired) electrons. The van der Waals surface area contributed by atoms with Gasteiger partial charge in [0, 0.05) is 6.04 Å². The molecule has 0 unspecified atom stereocenters. The van der Waals surface area contributed by atoms with Crippen molar-refractivity contribution in [3.8, 4) is 0 Å². The van der Waals surface area contributed by atoms with E-state index in [1.807, 2.05) is 20.8 Å². The van der Waals surface area contributed by atoms with Crippen LogP contribution in [0.1, 0.15) is 52.9 Å². The number of hydrogen-bond donors (Lipinski definition) is 2. The van der Waals surface area contributed by atoms with Gasteiger partial charge >= 0.3 is 12.1 Å². The minimum absolute atomic E-state index is 0.0424. The van der Waals surface area contributed by atoms with E-state index in [1.165, 1.54) is 0 Å². The molecule has 0 aliphatic heterocycles. The largest absolute Gasteiger partial charge is 0.481 e. The van der Waals surface area contributed by atoms with E-state index in [9.17, 15) is 9.59 Å². The lowest BCUT2D eigenvalue weighted by Gasteiger charge is -2.29. The number of aliphatic carboxylic acids is 1. The van der Waals surface area contributed by atoms with Gasteiger partial charge in [-0.1, -0.05) is 6.92 Å². The Morgan fingerprint density at radius 3 is 2.28 bits per heavy atom. The molecule has 0 saturated heterocycles. The molecule has 2 N–H and O–H groups in total. The zero-order chi connectivity index (χ0) is 13.8. The standard InChI is InChI=1S/C13H23NO4/c1-4-13(2,3)18-12(17)14-10-7-5-9(6-8-10)11(15)16/h9-10H,4-8H2,1-3H3,(H,14,17)(H,15,16). The van der Waals surface area contributed by atoms with E-state index >= 15 is 0 Å². The first-order valence-electron chi connectivity index (χ1n) is 6.56. The normalized spacial score (nSPS) is 24.4. The topological polar surface area (TPSA) is 75.6 Å². The lowest BCUT2D eigenvalue weighted by molar-refractivity contribution is -0.142. The maximum Gasteiger partial charge on any atom is 0.407 e. The van der Waals surface area contributed by atoms with Gasteiger partial charge in [-0.15, -0.1) is 0 Å². The second-order valence-corrected chi connectivity index (χ2v) is 5.53. The van der Waals surface area contributed by atoms with Crippen LogP contribution in [0.25, 0.3) is 0 Å². The van der Waals surface area contributed by atoms with Gasteiger partial charge in [0.25, 0.3) is 0 Å². The summed E-state index contributed by atoms with van der Waals surface area (Å²) in [5, 5.41) is 11.7. The van der Waals surface area contributed by atoms with Gasteiger partial charge in [0.1, 0.15) is 5.60 Å². The average Bonchev–Trinajstić information content (AvgIpc) is 2.29. The van der Waals surface area contributed by atoms with E-state index in [-0.39, 0.29) is 12.0 Å². The van der Waals surface area contributed by atoms with Crippen LogP contribution in [0.15, 0.2) is 0 Å². The number of carbonyl (C=O) groups is 2. The molecule has 0 aromatic carbocycles. The highest BCUT2D eigenvalue weighted by molar-refractivity contribution is 5.70. The summed E-state index contributed by atoms with van der Waals surface area (Å²) in [6, 6.07) is 0.0424. The molecule has 1 rings (SSSR count). The molecule has 0 spiro atoms. The third-order valence-electron chi connectivity index (χ3n) is 3.62. The molecule has 5 nitrogen and oxygen atoms in total. The van der Waals surface area contributed by atoms with Gasteiger partial charge in [0.15, 0.2) is 0 Å². The van der Waals surface area contributed by atoms with Gasteiger partial charge in [-0.2, -0.15) is 0 Å². The zero-order valence-electron chi connectivity index (χ0n) is 11.4. The molecule has 0 atom stereocenters. The first kappa shape index (κ1) is 14.8. The monoisotopic (exact) mass is 257 g/mol. The van der Waals surface area contributed by atoms with E-state index in [4.69, 9.17) is 9.84 Å². The molecule has 1 amide bonds. The van der Waals surface area contributed by atoms with Crippen LogP contribution in [0, 0.1) is 5.92 Å². The van der Waals surface area contributed by atoms with Crippen LogP contribution in [0.5, 0.6) is 0 Å². The van der Waals surface area contributed by atoms with Gasteiger partial charge in [-0.3, -0.25) is 4.79 Å². The van der Waals surface area contributed by atoms with E-state index in [0.717, 1.165) is 6.42 Å². The molecule has 1 aliphatic rings. The van der Waals surface area contributed by atoms with Crippen LogP contribution < -0.4 is 5.32 Å². The van der Waals surface area contributed by atoms with Crippen molar-refractivity contribution in [1.82, 2.24) is 5.32 Å². The van der Waals surface area contributed by atoms with Crippen LogP contribution in [-0.2, 0) is 9.53 Å². The van der Waals surface area contributed by atoms with E-state index in [1.54, 1.807) is 0 Å². The number of hydrogen-bond acceptors (Lipinski definition) is 3. The second kappa shape index (κ2) is 6.07. The summed E-state index contributed by atoms with van der Waals surface area (Å²) < 4.78 is 5.30. The fraction of sp³-hybridized carbons (Fsp3) is 0.846. The van der Waals surface area contributed by atoms with Crippen molar-refractivity contribution in [2.24, 2.45) is 5.92 Å². The predicted molar refractivity (Wildman–Crippen MR) is 67.4 cm³/mol. The summed E-state index contributed by atoms with van der Waals surface area (Å²) >= 11 is 0. The molecule has 1 aliphatic carbocycles. The Hall–Kier alpha value is -1.26. The molecule has 5 heteroatoms. The van der Waals surface area contributed by atoms with Gasteiger partial charge in [0.2, 0.25) is 0 Å². The Kier molecular flexibility index (Phi) is 4.99. The summed E-state index contributed by atoms with van der Waals surface area (Å²) in [6.07, 6.45) is 3.01. The van der Waals surface area contributed by atoms with Gasteiger partial charge < -0.3 is 15.2 Å². The van der Waals surface area contributed by atoms with Crippen LogP contribution in [-0.4, -0.2) is 28.8 Å². The fourth-order valence-corrected chi connectivity index (χ4v) is 2.00. The average molecular weight is 257 g/mol. The van der Waals surface area contributed by atoms with E-state index < -0.39 is 17.7 Å². The number of carboxylic acid groups (broad SMARTS) is 1. The molecular weight excluding hydrogens is 234 g/mol. The van der Waals surface area contributed by atoms with Crippen LogP contribution in [0.2, 0.25) is 0 Å². The van der Waals surface area contributed by atoms with Crippen LogP contribution in [0.4, 0.5) is 4.79 Å². The lowest BCUT2D eigenvalue weighted by atomic mass is 9.86. The molecule has 0 heterocycles. The summed E-state index contributed by atoms with van der Waals surface area (Å²) in [5.74, 6) is -0.991. The molecular formula is C13H23NO4. The third kappa shape index (κ3) is 4.55. The number of amides is 1. The number of alkyl carbamates (subject to hydrolysis) is 1. The Bertz CT molecular complexity index is 306. The summed E-state index contributed by atoms with van der Waals surface area (Å²) in [5.41, 5.74) is -0.456. The van der Waals surface area contributed by atoms with Crippen molar-refractivity contribution in [1.29, 1.82) is 0 Å². The first-order chi connectivity index (χ1) is 8.34. The van der Waals surface area contributed by atoms with Gasteiger partial charge in [-0.25, -0.2) is 4.79 Å². The van der Waals surface area contributed by atoms with E-state index in [0.29, 0.717) is 25.7 Å². The van der Waals surface area contributed by atoms with Crippen LogP contribution >= 0.6 is 0 Å². The fourth-order valence-electron chi connectivity index (χ4n) is 2.00. The van der Waals surface area contributed by atoms with Gasteiger partial charge in [0.05, 0.1) is 5.92 Å². The Labute approximate surface area is 108 Å². The molecule has 1 saturated carbocycles. The zero-order valence-corrected chi connectivity index (χ0v) is 11.4. The predicted octanol–water partition coefficient (Wildman–Crippen LogP) is 2.54. The molecule has 1 fully saturated rings. The van der Waals surface area contributed by atoms with Crippen molar-refractivity contribution in [2.45, 2.75) is 64.5 Å². The summed E-state index contributed by atoms with van der Waals surface area (Å²) in [4.78, 5) is 22.4. The quantitative estimate of drug-likeness (QED) is 0.811. The molecule has 0 aromatic heterocycles. The highest BCUT2D eigenvalue weighted by atomic mass is 16.6. The van der Waals surface area contributed by atoms with Crippen molar-refractivity contribution in [3.63, 3.8) is 0 Å². The summed E-state index contributed by atoms with van der Waals surface area (Å²) in [7, 11) is 0. The Morgan fingerprint density at radius 1 is 1.28 bits per heavy atom. The smallest absolute Gasteiger partial charge is 0.407 e. The highest BCUT2D eigenvalue weighted by Crippen LogP contribution is 2.24. The summed E-state index contributed by atoms with van der Waals surface area (Å²) in [6.45, 7) is 5.70. The number of ether oxygens (including phenoxy) is 1. The minimum Gasteiger partial charge on any atom is -0.481 e. The maximum atomic E-state index is 11.7. The SMILES string of the molecule is CCC(C)(C)OC(=O)NC1CCC(C(=O)O)CC1. The highest BCUT2D eigenvalue weighted by Gasteiger charge is 2.28. The van der Waals surface area contributed by atoms with Gasteiger partial charge in [-0.05, 0) is 46.0 Å². The molecule has 0 aromatic rings. The lowest BCUT2D eigenvalue weighted by Crippen LogP contribution is -2.42. The minimum atomic E-state index is -0.733. The number of carboxylic acids is 1. The molecule has 18 heavy (non-hydrogen) atoms. The van der Waals surface area contributed by atoms with Crippen molar-refractivity contribution >= 4 is 12.1 Å². The molecule has 104 valence electrons. The maximum absolute atomic E-state index is 11.7. The first-order valence-corrected chi connectivity index (χ1v) is 6.56. The van der Waals surface area contributed by atoms with Crippen molar-refractivity contribution in [3.05, 3.63) is 0 Å². The number of carbonyl (C=O) groups excluding carboxylic acids is 1. The third-order valence-corrected chi connectivity index (χ3v) is 3.62. The van der Waals surface area contributed by atoms with Crippen LogP contribution in [0.3, 0.4) is 0 Å².